The van der Waals surface area contributed by atoms with Gasteiger partial charge in [-0.1, -0.05) is 0 Å². The second-order valence-electron chi connectivity index (χ2n) is 6.82. The van der Waals surface area contributed by atoms with Gasteiger partial charge in [-0.3, -0.25) is 4.79 Å². The van der Waals surface area contributed by atoms with Crippen molar-refractivity contribution in [1.29, 1.82) is 0 Å². The van der Waals surface area contributed by atoms with Crippen LogP contribution in [0.5, 0.6) is 17.2 Å². The van der Waals surface area contributed by atoms with Crippen molar-refractivity contribution >= 4 is 11.6 Å². The van der Waals surface area contributed by atoms with Crippen molar-refractivity contribution < 1.29 is 28.5 Å². The third-order valence-electron chi connectivity index (χ3n) is 4.42. The van der Waals surface area contributed by atoms with E-state index in [0.717, 1.165) is 5.69 Å². The van der Waals surface area contributed by atoms with Crippen LogP contribution in [0.3, 0.4) is 0 Å². The predicted molar refractivity (Wildman–Crippen MR) is 118 cm³/mol. The van der Waals surface area contributed by atoms with Crippen molar-refractivity contribution in [3.8, 4) is 17.2 Å². The summed E-state index contributed by atoms with van der Waals surface area (Å²) in [7, 11) is 1.79. The lowest BCUT2D eigenvalue weighted by molar-refractivity contribution is 0.0918. The smallest absolute Gasteiger partial charge is 0.251 e. The Balaban J connectivity index is 2.05. The van der Waals surface area contributed by atoms with E-state index >= 15 is 0 Å². The molecule has 0 aromatic heterocycles. The molecular weight excluding hydrogens is 403 g/mol. The molecule has 0 spiro atoms. The Bertz CT molecular complexity index is 817. The Hall–Kier alpha value is -3.00. The molecule has 0 aliphatic carbocycles. The van der Waals surface area contributed by atoms with Crippen molar-refractivity contribution in [3.63, 3.8) is 0 Å². The molecule has 0 saturated heterocycles. The summed E-state index contributed by atoms with van der Waals surface area (Å²) in [5, 5.41) is 13.1. The molecule has 8 heteroatoms. The summed E-state index contributed by atoms with van der Waals surface area (Å²) in [4.78, 5) is 14.5. The number of hydrogen-bond acceptors (Lipinski definition) is 6. The van der Waals surface area contributed by atoms with Gasteiger partial charge in [-0.05, 0) is 57.2 Å². The van der Waals surface area contributed by atoms with E-state index in [0.29, 0.717) is 42.6 Å². The maximum absolute atomic E-state index is 13.1. The third kappa shape index (κ3) is 7.03. The van der Waals surface area contributed by atoms with Crippen molar-refractivity contribution in [2.45, 2.75) is 26.9 Å². The van der Waals surface area contributed by atoms with Crippen LogP contribution >= 0.6 is 0 Å². The van der Waals surface area contributed by atoms with E-state index in [1.807, 2.05) is 20.8 Å². The van der Waals surface area contributed by atoms with Crippen LogP contribution in [0.2, 0.25) is 0 Å². The van der Waals surface area contributed by atoms with E-state index in [9.17, 15) is 14.3 Å². The monoisotopic (exact) mass is 434 g/mol. The van der Waals surface area contributed by atoms with E-state index in [1.54, 1.807) is 36.2 Å². The lowest BCUT2D eigenvalue weighted by Crippen LogP contribution is -2.39. The summed E-state index contributed by atoms with van der Waals surface area (Å²) >= 11 is 0. The fraction of sp³-hybridized carbons (Fsp3) is 0.435. The number of likely N-dealkylation sites (N-methyl/N-ethyl adjacent to an activating group) is 1. The minimum absolute atomic E-state index is 0.0471. The molecule has 0 bridgehead atoms. The van der Waals surface area contributed by atoms with Crippen molar-refractivity contribution in [2.75, 3.05) is 44.9 Å². The van der Waals surface area contributed by atoms with Gasteiger partial charge < -0.3 is 29.5 Å². The number of aliphatic hydroxyl groups is 1. The molecule has 2 aromatic rings. The first-order chi connectivity index (χ1) is 14.9. The number of halogens is 1. The van der Waals surface area contributed by atoms with E-state index < -0.39 is 6.10 Å². The fourth-order valence-electron chi connectivity index (χ4n) is 3.01. The highest BCUT2D eigenvalue weighted by Gasteiger charge is 2.19. The Morgan fingerprint density at radius 3 is 2.10 bits per heavy atom. The molecule has 0 saturated carbocycles. The Labute approximate surface area is 182 Å². The SMILES string of the molecule is CCOc1cc(C(=O)NCC(O)CN(C)c2ccc(F)cc2)cc(OCC)c1OCC. The highest BCUT2D eigenvalue weighted by Crippen LogP contribution is 2.39. The van der Waals surface area contributed by atoms with Crippen molar-refractivity contribution in [1.82, 2.24) is 5.32 Å². The van der Waals surface area contributed by atoms with Crippen molar-refractivity contribution in [3.05, 3.63) is 47.8 Å². The van der Waals surface area contributed by atoms with Gasteiger partial charge in [0.2, 0.25) is 5.75 Å². The van der Waals surface area contributed by atoms with Crippen LogP contribution in [0.1, 0.15) is 31.1 Å². The number of anilines is 1. The number of nitrogens with zero attached hydrogens (tertiary/aromatic N) is 1. The van der Waals surface area contributed by atoms with Crippen LogP contribution in [-0.2, 0) is 0 Å². The lowest BCUT2D eigenvalue weighted by Gasteiger charge is -2.23. The molecule has 1 atom stereocenters. The van der Waals surface area contributed by atoms with Crippen LogP contribution in [-0.4, -0.2) is 57.1 Å². The summed E-state index contributed by atoms with van der Waals surface area (Å²) in [6.45, 7) is 7.11. The van der Waals surface area contributed by atoms with Gasteiger partial charge in [0.25, 0.3) is 5.91 Å². The van der Waals surface area contributed by atoms with Crippen LogP contribution in [0.25, 0.3) is 0 Å². The third-order valence-corrected chi connectivity index (χ3v) is 4.42. The molecular formula is C23H31FN2O5. The van der Waals surface area contributed by atoms with E-state index in [4.69, 9.17) is 14.2 Å². The number of carbonyl (C=O) groups excluding carboxylic acids is 1. The molecule has 0 heterocycles. The van der Waals surface area contributed by atoms with Gasteiger partial charge in [0.05, 0.1) is 25.9 Å². The van der Waals surface area contributed by atoms with E-state index in [1.165, 1.54) is 12.1 Å². The van der Waals surface area contributed by atoms with Crippen molar-refractivity contribution in [2.24, 2.45) is 0 Å². The Morgan fingerprint density at radius 2 is 1.58 bits per heavy atom. The summed E-state index contributed by atoms with van der Waals surface area (Å²) in [5.41, 5.74) is 1.11. The van der Waals surface area contributed by atoms with Crippen LogP contribution in [0, 0.1) is 5.82 Å². The van der Waals surface area contributed by atoms with Gasteiger partial charge in [-0.25, -0.2) is 4.39 Å². The van der Waals surface area contributed by atoms with Gasteiger partial charge in [-0.2, -0.15) is 0 Å². The number of aliphatic hydroxyl groups excluding tert-OH is 1. The molecule has 31 heavy (non-hydrogen) atoms. The maximum Gasteiger partial charge on any atom is 0.251 e. The average Bonchev–Trinajstić information content (AvgIpc) is 2.74. The molecule has 2 N–H and O–H groups in total. The molecule has 1 amide bonds. The predicted octanol–water partition coefficient (Wildman–Crippen LogP) is 3.25. The summed E-state index contributed by atoms with van der Waals surface area (Å²) in [6.07, 6.45) is -0.820. The number of rotatable bonds is 12. The topological polar surface area (TPSA) is 80.3 Å². The first-order valence-electron chi connectivity index (χ1n) is 10.4. The molecule has 2 aromatic carbocycles. The van der Waals surface area contributed by atoms with Gasteiger partial charge in [0, 0.05) is 31.4 Å². The number of carbonyl (C=O) groups is 1. The second kappa shape index (κ2) is 12.0. The minimum atomic E-state index is -0.820. The molecule has 1 unspecified atom stereocenters. The highest BCUT2D eigenvalue weighted by atomic mass is 19.1. The summed E-state index contributed by atoms with van der Waals surface area (Å²) < 4.78 is 30.0. The number of amides is 1. The lowest BCUT2D eigenvalue weighted by atomic mass is 10.1. The van der Waals surface area contributed by atoms with Crippen LogP contribution in [0.4, 0.5) is 10.1 Å². The Morgan fingerprint density at radius 1 is 1.03 bits per heavy atom. The fourth-order valence-corrected chi connectivity index (χ4v) is 3.01. The average molecular weight is 435 g/mol. The number of ether oxygens (including phenoxy) is 3. The van der Waals surface area contributed by atoms with E-state index in [2.05, 4.69) is 5.32 Å². The first kappa shape index (κ1) is 24.3. The van der Waals surface area contributed by atoms with Crippen LogP contribution in [0.15, 0.2) is 36.4 Å². The molecule has 0 aliphatic rings. The first-order valence-corrected chi connectivity index (χ1v) is 10.4. The molecule has 2 rings (SSSR count). The molecule has 170 valence electrons. The zero-order valence-corrected chi connectivity index (χ0v) is 18.5. The van der Waals surface area contributed by atoms with Gasteiger partial charge in [0.15, 0.2) is 11.5 Å². The zero-order valence-electron chi connectivity index (χ0n) is 18.5. The normalized spacial score (nSPS) is 11.5. The Kier molecular flexibility index (Phi) is 9.40. The number of benzene rings is 2. The minimum Gasteiger partial charge on any atom is -0.490 e. The summed E-state index contributed by atoms with van der Waals surface area (Å²) in [6, 6.07) is 9.18. The number of hydrogen-bond donors (Lipinski definition) is 2. The zero-order chi connectivity index (χ0) is 22.8. The number of nitrogens with one attached hydrogen (secondary N) is 1. The van der Waals surface area contributed by atoms with Gasteiger partial charge in [-0.15, -0.1) is 0 Å². The van der Waals surface area contributed by atoms with Crippen LogP contribution < -0.4 is 24.4 Å². The molecule has 0 aliphatic heterocycles. The quantitative estimate of drug-likeness (QED) is 0.534. The molecule has 0 fully saturated rings. The van der Waals surface area contributed by atoms with E-state index in [-0.39, 0.29) is 24.8 Å². The summed E-state index contributed by atoms with van der Waals surface area (Å²) in [5.74, 6) is 0.629. The van der Waals surface area contributed by atoms with Gasteiger partial charge in [0.1, 0.15) is 5.82 Å². The largest absolute Gasteiger partial charge is 0.490 e. The molecule has 0 radical (unpaired) electrons. The standard InChI is InChI=1S/C23H31FN2O5/c1-5-29-20-12-16(13-21(30-6-2)22(20)31-7-3)23(28)25-14-19(27)15-26(4)18-10-8-17(24)9-11-18/h8-13,19,27H,5-7,14-15H2,1-4H3,(H,25,28). The second-order valence-corrected chi connectivity index (χ2v) is 6.82. The maximum atomic E-state index is 13.1. The highest BCUT2D eigenvalue weighted by molar-refractivity contribution is 5.95. The van der Waals surface area contributed by atoms with Gasteiger partial charge >= 0.3 is 0 Å². The molecule has 7 nitrogen and oxygen atoms in total.